The van der Waals surface area contributed by atoms with Crippen LogP contribution in [0.3, 0.4) is 0 Å². The maximum absolute atomic E-state index is 3.41. The molecule has 0 amide bonds. The van der Waals surface area contributed by atoms with Crippen LogP contribution in [0, 0.1) is 5.92 Å². The third-order valence-electron chi connectivity index (χ3n) is 3.16. The summed E-state index contributed by atoms with van der Waals surface area (Å²) in [7, 11) is 0. The molecule has 0 bridgehead atoms. The molecular formula is C10H19NS. The number of thioether (sulfide) groups is 1. The van der Waals surface area contributed by atoms with E-state index in [9.17, 15) is 0 Å². The summed E-state index contributed by atoms with van der Waals surface area (Å²) in [6.07, 6.45) is 9.00. The van der Waals surface area contributed by atoms with Crippen LogP contribution >= 0.6 is 11.8 Å². The molecule has 0 aromatic rings. The van der Waals surface area contributed by atoms with Gasteiger partial charge in [0.2, 0.25) is 0 Å². The maximum atomic E-state index is 3.41. The van der Waals surface area contributed by atoms with Crippen LogP contribution in [-0.4, -0.2) is 17.7 Å². The first-order valence-corrected chi connectivity index (χ1v) is 6.32. The van der Waals surface area contributed by atoms with E-state index >= 15 is 0 Å². The zero-order valence-corrected chi connectivity index (χ0v) is 8.54. The molecule has 1 nitrogen and oxygen atoms in total. The molecule has 1 heterocycles. The van der Waals surface area contributed by atoms with Gasteiger partial charge in [0.05, 0.1) is 0 Å². The topological polar surface area (TPSA) is 12.0 Å². The van der Waals surface area contributed by atoms with Crippen molar-refractivity contribution in [3.63, 3.8) is 0 Å². The molecule has 1 aliphatic carbocycles. The molecule has 2 rings (SSSR count). The molecule has 0 aromatic carbocycles. The summed E-state index contributed by atoms with van der Waals surface area (Å²) >= 11 is 2.11. The second-order valence-corrected chi connectivity index (χ2v) is 5.40. The van der Waals surface area contributed by atoms with E-state index in [4.69, 9.17) is 0 Å². The highest BCUT2D eigenvalue weighted by Gasteiger charge is 2.19. The Labute approximate surface area is 79.7 Å². The molecule has 12 heavy (non-hydrogen) atoms. The fourth-order valence-corrected chi connectivity index (χ4v) is 3.37. The quantitative estimate of drug-likeness (QED) is 0.725. The summed E-state index contributed by atoms with van der Waals surface area (Å²) < 4.78 is 0. The summed E-state index contributed by atoms with van der Waals surface area (Å²) in [6, 6.07) is 0. The summed E-state index contributed by atoms with van der Waals surface area (Å²) in [5, 5.41) is 4.35. The molecule has 2 heteroatoms. The van der Waals surface area contributed by atoms with Gasteiger partial charge in [-0.15, -0.1) is 11.8 Å². The minimum absolute atomic E-state index is 0.936. The second kappa shape index (κ2) is 4.52. The van der Waals surface area contributed by atoms with Crippen LogP contribution in [0.25, 0.3) is 0 Å². The van der Waals surface area contributed by atoms with Crippen molar-refractivity contribution < 1.29 is 0 Å². The SMILES string of the molecule is C1CCC(CCC2CNCS2)C1. The van der Waals surface area contributed by atoms with Gasteiger partial charge in [-0.1, -0.05) is 25.7 Å². The molecule has 1 N–H and O–H groups in total. The van der Waals surface area contributed by atoms with Crippen LogP contribution in [0.4, 0.5) is 0 Å². The summed E-state index contributed by atoms with van der Waals surface area (Å²) in [5.41, 5.74) is 0. The first-order valence-electron chi connectivity index (χ1n) is 5.27. The van der Waals surface area contributed by atoms with E-state index in [-0.39, 0.29) is 0 Å². The fraction of sp³-hybridized carbons (Fsp3) is 1.00. The molecule has 1 atom stereocenters. The van der Waals surface area contributed by atoms with E-state index in [0.29, 0.717) is 0 Å². The third-order valence-corrected chi connectivity index (χ3v) is 4.41. The Kier molecular flexibility index (Phi) is 3.35. The Morgan fingerprint density at radius 1 is 1.17 bits per heavy atom. The summed E-state index contributed by atoms with van der Waals surface area (Å²) in [4.78, 5) is 0. The van der Waals surface area contributed by atoms with Crippen LogP contribution in [-0.2, 0) is 0 Å². The highest BCUT2D eigenvalue weighted by molar-refractivity contribution is 8.00. The molecule has 2 fully saturated rings. The van der Waals surface area contributed by atoms with Gasteiger partial charge in [0.25, 0.3) is 0 Å². The van der Waals surface area contributed by atoms with E-state index in [1.807, 2.05) is 0 Å². The van der Waals surface area contributed by atoms with Crippen molar-refractivity contribution in [3.05, 3.63) is 0 Å². The minimum Gasteiger partial charge on any atom is -0.307 e. The van der Waals surface area contributed by atoms with Crippen molar-refractivity contribution >= 4 is 11.8 Å². The Morgan fingerprint density at radius 3 is 2.67 bits per heavy atom. The van der Waals surface area contributed by atoms with Crippen molar-refractivity contribution in [3.8, 4) is 0 Å². The van der Waals surface area contributed by atoms with Gasteiger partial charge in [-0.05, 0) is 18.8 Å². The summed E-state index contributed by atoms with van der Waals surface area (Å²) in [6.45, 7) is 1.26. The molecule has 0 radical (unpaired) electrons. The fourth-order valence-electron chi connectivity index (χ4n) is 2.36. The Balaban J connectivity index is 1.60. The minimum atomic E-state index is 0.936. The van der Waals surface area contributed by atoms with Gasteiger partial charge in [0, 0.05) is 17.7 Å². The van der Waals surface area contributed by atoms with Gasteiger partial charge in [0.15, 0.2) is 0 Å². The molecule has 1 saturated heterocycles. The van der Waals surface area contributed by atoms with Crippen molar-refractivity contribution in [1.29, 1.82) is 0 Å². The van der Waals surface area contributed by atoms with Crippen molar-refractivity contribution in [2.45, 2.75) is 43.8 Å². The second-order valence-electron chi connectivity index (χ2n) is 4.11. The number of rotatable bonds is 3. The van der Waals surface area contributed by atoms with E-state index < -0.39 is 0 Å². The average Bonchev–Trinajstić information content (AvgIpc) is 2.74. The molecule has 70 valence electrons. The zero-order chi connectivity index (χ0) is 8.23. The van der Waals surface area contributed by atoms with Crippen LogP contribution in [0.1, 0.15) is 38.5 Å². The van der Waals surface area contributed by atoms with Crippen molar-refractivity contribution in [2.75, 3.05) is 12.4 Å². The van der Waals surface area contributed by atoms with Crippen LogP contribution in [0.15, 0.2) is 0 Å². The number of hydrogen-bond acceptors (Lipinski definition) is 2. The Hall–Kier alpha value is 0.310. The van der Waals surface area contributed by atoms with Gasteiger partial charge >= 0.3 is 0 Å². The van der Waals surface area contributed by atoms with E-state index in [2.05, 4.69) is 17.1 Å². The van der Waals surface area contributed by atoms with Crippen LogP contribution in [0.5, 0.6) is 0 Å². The highest BCUT2D eigenvalue weighted by Crippen LogP contribution is 2.31. The molecular weight excluding hydrogens is 166 g/mol. The lowest BCUT2D eigenvalue weighted by molar-refractivity contribution is 0.478. The first kappa shape index (κ1) is 8.89. The van der Waals surface area contributed by atoms with Gasteiger partial charge < -0.3 is 5.32 Å². The molecule has 1 aliphatic heterocycles. The smallest absolute Gasteiger partial charge is 0.0421 e. The van der Waals surface area contributed by atoms with Gasteiger partial charge in [-0.3, -0.25) is 0 Å². The monoisotopic (exact) mass is 185 g/mol. The number of hydrogen-bond donors (Lipinski definition) is 1. The largest absolute Gasteiger partial charge is 0.307 e. The lowest BCUT2D eigenvalue weighted by Crippen LogP contribution is -2.13. The number of nitrogens with one attached hydrogen (secondary N) is 1. The van der Waals surface area contributed by atoms with Gasteiger partial charge in [-0.25, -0.2) is 0 Å². The van der Waals surface area contributed by atoms with E-state index in [1.54, 1.807) is 0 Å². The van der Waals surface area contributed by atoms with E-state index in [1.165, 1.54) is 50.9 Å². The van der Waals surface area contributed by atoms with Crippen LogP contribution in [0.2, 0.25) is 0 Å². The third kappa shape index (κ3) is 2.40. The molecule has 1 saturated carbocycles. The Morgan fingerprint density at radius 2 is 2.00 bits per heavy atom. The molecule has 1 unspecified atom stereocenters. The maximum Gasteiger partial charge on any atom is 0.0421 e. The lowest BCUT2D eigenvalue weighted by atomic mass is 10.0. The molecule has 2 aliphatic rings. The first-order chi connectivity index (χ1) is 5.95. The molecule has 0 spiro atoms. The van der Waals surface area contributed by atoms with Gasteiger partial charge in [0.1, 0.15) is 0 Å². The zero-order valence-electron chi connectivity index (χ0n) is 7.72. The standard InChI is InChI=1S/C10H19NS/c1-2-4-9(3-1)5-6-10-7-11-8-12-10/h9-11H,1-8H2. The predicted molar refractivity (Wildman–Crippen MR) is 55.4 cm³/mol. The predicted octanol–water partition coefficient (Wildman–Crippen LogP) is 2.62. The van der Waals surface area contributed by atoms with Crippen molar-refractivity contribution in [1.82, 2.24) is 5.32 Å². The lowest BCUT2D eigenvalue weighted by Gasteiger charge is -2.11. The Bertz CT molecular complexity index is 110. The van der Waals surface area contributed by atoms with Crippen LogP contribution < -0.4 is 5.32 Å². The van der Waals surface area contributed by atoms with Crippen molar-refractivity contribution in [2.24, 2.45) is 5.92 Å². The highest BCUT2D eigenvalue weighted by atomic mass is 32.2. The molecule has 0 aromatic heterocycles. The normalized spacial score (nSPS) is 31.5. The average molecular weight is 185 g/mol. The summed E-state index contributed by atoms with van der Waals surface area (Å²) in [5.74, 6) is 2.28. The van der Waals surface area contributed by atoms with Gasteiger partial charge in [-0.2, -0.15) is 0 Å². The van der Waals surface area contributed by atoms with E-state index in [0.717, 1.165) is 11.2 Å².